The Morgan fingerprint density at radius 1 is 1.29 bits per heavy atom. The monoisotopic (exact) mass is 451 g/mol. The minimum atomic E-state index is -1.54. The molecule has 168 valence electrons. The first-order chi connectivity index (χ1) is 15.0. The van der Waals surface area contributed by atoms with Crippen LogP contribution in [0.25, 0.3) is 0 Å². The van der Waals surface area contributed by atoms with Gasteiger partial charge in [-0.05, 0) is 25.3 Å². The summed E-state index contributed by atoms with van der Waals surface area (Å²) in [6.07, 6.45) is 2.00. The molecule has 1 aromatic carbocycles. The summed E-state index contributed by atoms with van der Waals surface area (Å²) in [6, 6.07) is 10.1. The summed E-state index contributed by atoms with van der Waals surface area (Å²) in [7, 11) is -0.0523. The summed E-state index contributed by atoms with van der Waals surface area (Å²) in [5.74, 6) is -0.411. The second-order valence-corrected chi connectivity index (χ2v) is 8.38. The Hall–Kier alpha value is -2.36. The Balaban J connectivity index is 1.43. The highest BCUT2D eigenvalue weighted by molar-refractivity contribution is 7.45. The zero-order chi connectivity index (χ0) is 22.2. The van der Waals surface area contributed by atoms with Crippen molar-refractivity contribution in [3.63, 3.8) is 0 Å². The number of rotatable bonds is 10. The van der Waals surface area contributed by atoms with E-state index < -0.39 is 38.0 Å². The minimum absolute atomic E-state index is 0.193. The quantitative estimate of drug-likeness (QED) is 0.415. The zero-order valence-electron chi connectivity index (χ0n) is 17.4. The van der Waals surface area contributed by atoms with Crippen molar-refractivity contribution in [1.29, 1.82) is 0 Å². The summed E-state index contributed by atoms with van der Waals surface area (Å²) in [6.45, 7) is 2.10. The predicted molar refractivity (Wildman–Crippen MR) is 113 cm³/mol. The van der Waals surface area contributed by atoms with Crippen molar-refractivity contribution in [2.24, 2.45) is 0 Å². The molecule has 3 unspecified atom stereocenters. The second-order valence-electron chi connectivity index (χ2n) is 6.99. The van der Waals surface area contributed by atoms with Gasteiger partial charge in [-0.1, -0.05) is 30.3 Å². The number of carbonyl (C=O) groups excluding carboxylic acids is 1. The number of nitrogens with zero attached hydrogens (tertiary/aromatic N) is 1. The molecule has 10 nitrogen and oxygen atoms in total. The van der Waals surface area contributed by atoms with Gasteiger partial charge in [0.15, 0.2) is 0 Å². The van der Waals surface area contributed by atoms with Crippen molar-refractivity contribution in [1.82, 2.24) is 14.6 Å². The van der Waals surface area contributed by atoms with Crippen molar-refractivity contribution in [2.45, 2.75) is 44.7 Å². The van der Waals surface area contributed by atoms with Crippen molar-refractivity contribution in [3.05, 3.63) is 69.0 Å². The number of aromatic amines is 1. The highest BCUT2D eigenvalue weighted by atomic mass is 31.2. The molecule has 2 N–H and O–H groups in total. The highest BCUT2D eigenvalue weighted by Gasteiger charge is 2.29. The van der Waals surface area contributed by atoms with E-state index in [1.807, 2.05) is 30.3 Å². The molecular weight excluding hydrogens is 425 g/mol. The van der Waals surface area contributed by atoms with E-state index in [-0.39, 0.29) is 19.3 Å². The first kappa shape index (κ1) is 23.3. The molecule has 11 heteroatoms. The third-order valence-electron chi connectivity index (χ3n) is 4.67. The molecule has 1 fully saturated rings. The van der Waals surface area contributed by atoms with Crippen LogP contribution in [0.4, 0.5) is 0 Å². The smallest absolute Gasteiger partial charge is 0.330 e. The van der Waals surface area contributed by atoms with Gasteiger partial charge in [-0.25, -0.2) is 9.88 Å². The van der Waals surface area contributed by atoms with Gasteiger partial charge < -0.3 is 18.5 Å². The third kappa shape index (κ3) is 6.81. The number of esters is 1. The van der Waals surface area contributed by atoms with E-state index in [1.165, 1.54) is 23.9 Å². The third-order valence-corrected chi connectivity index (χ3v) is 5.98. The molecule has 0 radical (unpaired) electrons. The van der Waals surface area contributed by atoms with Gasteiger partial charge in [-0.3, -0.25) is 19.1 Å². The maximum atomic E-state index is 12.2. The summed E-state index contributed by atoms with van der Waals surface area (Å²) in [5.41, 5.74) is -0.0575. The fourth-order valence-electron chi connectivity index (χ4n) is 3.03. The first-order valence-corrected chi connectivity index (χ1v) is 11.0. The fraction of sp³-hybridized carbons (Fsp3) is 0.450. The average Bonchev–Trinajstić information content (AvgIpc) is 3.24. The second kappa shape index (κ2) is 11.3. The molecule has 1 aromatic heterocycles. The zero-order valence-corrected chi connectivity index (χ0v) is 18.2. The number of benzene rings is 1. The van der Waals surface area contributed by atoms with Crippen molar-refractivity contribution in [2.75, 3.05) is 13.7 Å². The number of ether oxygens (including phenoxy) is 2. The molecular formula is C20H26N3O7P. The van der Waals surface area contributed by atoms with Crippen LogP contribution >= 0.6 is 8.53 Å². The summed E-state index contributed by atoms with van der Waals surface area (Å²) in [4.78, 5) is 37.5. The van der Waals surface area contributed by atoms with E-state index >= 15 is 0 Å². The SMILES string of the molecule is COP(NC(C)C(=O)OCc1ccccc1)OC[C@@H]1CCC(n2ccc(=O)[nH]c2=O)O1. The average molecular weight is 451 g/mol. The van der Waals surface area contributed by atoms with Gasteiger partial charge in [0.25, 0.3) is 14.1 Å². The van der Waals surface area contributed by atoms with E-state index in [4.69, 9.17) is 18.5 Å². The molecule has 0 amide bonds. The molecule has 1 aliphatic rings. The maximum Gasteiger partial charge on any atom is 0.330 e. The van der Waals surface area contributed by atoms with Crippen LogP contribution in [0.15, 0.2) is 52.2 Å². The minimum Gasteiger partial charge on any atom is -0.460 e. The summed E-state index contributed by atoms with van der Waals surface area (Å²) >= 11 is 0. The van der Waals surface area contributed by atoms with Gasteiger partial charge in [0.2, 0.25) is 0 Å². The van der Waals surface area contributed by atoms with E-state index in [9.17, 15) is 14.4 Å². The van der Waals surface area contributed by atoms with Crippen molar-refractivity contribution < 1.29 is 23.3 Å². The molecule has 0 aliphatic carbocycles. The largest absolute Gasteiger partial charge is 0.460 e. The number of aromatic nitrogens is 2. The predicted octanol–water partition coefficient (Wildman–Crippen LogP) is 1.83. The molecule has 1 saturated heterocycles. The molecule has 2 heterocycles. The van der Waals surface area contributed by atoms with Crippen LogP contribution in [-0.2, 0) is 29.9 Å². The number of hydrogen-bond acceptors (Lipinski definition) is 8. The standard InChI is InChI=1S/C20H26N3O7P/c1-14(19(25)28-12-15-6-4-3-5-7-15)22-31(27-2)29-13-16-8-9-18(30-16)23-11-10-17(24)21-20(23)26/h3-7,10-11,14,16,18,22H,8-9,12-13H2,1-2H3,(H,21,24,26)/t14?,16-,18?,31?/m0/s1. The van der Waals surface area contributed by atoms with E-state index in [1.54, 1.807) is 6.92 Å². The van der Waals surface area contributed by atoms with E-state index in [0.717, 1.165) is 5.56 Å². The summed E-state index contributed by atoms with van der Waals surface area (Å²) in [5, 5.41) is 2.98. The van der Waals surface area contributed by atoms with E-state index in [2.05, 4.69) is 10.1 Å². The van der Waals surface area contributed by atoms with Crippen LogP contribution in [0.2, 0.25) is 0 Å². The Morgan fingerprint density at radius 3 is 2.77 bits per heavy atom. The normalized spacial score (nSPS) is 20.3. The van der Waals surface area contributed by atoms with Gasteiger partial charge in [-0.2, -0.15) is 0 Å². The number of nitrogens with one attached hydrogen (secondary N) is 2. The van der Waals surface area contributed by atoms with E-state index in [0.29, 0.717) is 12.8 Å². The molecule has 0 saturated carbocycles. The molecule has 3 rings (SSSR count). The lowest BCUT2D eigenvalue weighted by Crippen LogP contribution is -2.33. The van der Waals surface area contributed by atoms with Crippen LogP contribution in [0, 0.1) is 0 Å². The number of hydrogen-bond donors (Lipinski definition) is 2. The Labute approximate surface area is 180 Å². The lowest BCUT2D eigenvalue weighted by atomic mass is 10.2. The molecule has 2 aromatic rings. The number of carbonyl (C=O) groups is 1. The van der Waals surface area contributed by atoms with Crippen LogP contribution < -0.4 is 16.3 Å². The van der Waals surface area contributed by atoms with Crippen LogP contribution in [0.1, 0.15) is 31.6 Å². The lowest BCUT2D eigenvalue weighted by Gasteiger charge is -2.21. The molecule has 1 aliphatic heterocycles. The van der Waals surface area contributed by atoms with Crippen LogP contribution in [-0.4, -0.2) is 41.4 Å². The van der Waals surface area contributed by atoms with Crippen LogP contribution in [0.5, 0.6) is 0 Å². The highest BCUT2D eigenvalue weighted by Crippen LogP contribution is 2.35. The summed E-state index contributed by atoms with van der Waals surface area (Å²) < 4.78 is 23.6. The fourth-order valence-corrected chi connectivity index (χ4v) is 4.03. The van der Waals surface area contributed by atoms with Gasteiger partial charge >= 0.3 is 11.7 Å². The molecule has 31 heavy (non-hydrogen) atoms. The Morgan fingerprint density at radius 2 is 2.06 bits per heavy atom. The Kier molecular flexibility index (Phi) is 8.51. The van der Waals surface area contributed by atoms with Gasteiger partial charge in [0.1, 0.15) is 18.9 Å². The molecule has 0 spiro atoms. The van der Waals surface area contributed by atoms with Gasteiger partial charge in [0, 0.05) is 19.4 Å². The Bertz CT molecular complexity index is 965. The topological polar surface area (TPSA) is 121 Å². The maximum absolute atomic E-state index is 12.2. The molecule has 4 atom stereocenters. The van der Waals surface area contributed by atoms with Crippen LogP contribution in [0.3, 0.4) is 0 Å². The van der Waals surface area contributed by atoms with Gasteiger partial charge in [0.05, 0.1) is 12.7 Å². The van der Waals surface area contributed by atoms with Crippen molar-refractivity contribution >= 4 is 14.5 Å². The lowest BCUT2D eigenvalue weighted by molar-refractivity contribution is -0.146. The first-order valence-electron chi connectivity index (χ1n) is 9.87. The van der Waals surface area contributed by atoms with Crippen molar-refractivity contribution in [3.8, 4) is 0 Å². The molecule has 0 bridgehead atoms. The number of H-pyrrole nitrogens is 1. The van der Waals surface area contributed by atoms with Gasteiger partial charge in [-0.15, -0.1) is 0 Å².